The molecule has 0 saturated carbocycles. The molecule has 0 radical (unpaired) electrons. The van der Waals surface area contributed by atoms with Crippen LogP contribution in [0.4, 0.5) is 17.3 Å². The van der Waals surface area contributed by atoms with Crippen LogP contribution in [0, 0.1) is 16.0 Å². The smallest absolute Gasteiger partial charge is 0.311 e. The maximum atomic E-state index is 10.9. The molecule has 0 aliphatic heterocycles. The molecule has 1 aromatic rings. The Bertz CT molecular complexity index is 460. The molecule has 4 N–H and O–H groups in total. The van der Waals surface area contributed by atoms with Crippen LogP contribution in [0.25, 0.3) is 0 Å². The Kier molecular flexibility index (Phi) is 4.66. The Hall–Kier alpha value is -1.89. The average molecular weight is 268 g/mol. The molecule has 1 heterocycles. The quantitative estimate of drug-likeness (QED) is 0.535. The number of aliphatic hydroxyl groups is 1. The number of rotatable bonds is 6. The van der Waals surface area contributed by atoms with E-state index in [1.165, 1.54) is 12.1 Å². The molecule has 1 unspecified atom stereocenters. The van der Waals surface area contributed by atoms with Crippen LogP contribution in [-0.2, 0) is 0 Å². The molecule has 106 valence electrons. The van der Waals surface area contributed by atoms with Crippen molar-refractivity contribution < 1.29 is 10.0 Å². The van der Waals surface area contributed by atoms with Crippen LogP contribution in [0.5, 0.6) is 0 Å². The van der Waals surface area contributed by atoms with Gasteiger partial charge in [0.25, 0.3) is 0 Å². The molecule has 19 heavy (non-hydrogen) atoms. The second kappa shape index (κ2) is 5.83. The van der Waals surface area contributed by atoms with Crippen LogP contribution < -0.4 is 11.1 Å². The summed E-state index contributed by atoms with van der Waals surface area (Å²) in [6.45, 7) is 5.84. The van der Waals surface area contributed by atoms with Crippen molar-refractivity contribution in [3.63, 3.8) is 0 Å². The number of pyridine rings is 1. The van der Waals surface area contributed by atoms with E-state index in [2.05, 4.69) is 10.3 Å². The average Bonchev–Trinajstić information content (AvgIpc) is 2.24. The molecular weight excluding hydrogens is 248 g/mol. The van der Waals surface area contributed by atoms with Gasteiger partial charge in [0, 0.05) is 12.6 Å². The highest BCUT2D eigenvalue weighted by Crippen LogP contribution is 2.24. The number of nitrogens with zero attached hydrogens (tertiary/aromatic N) is 2. The predicted octanol–water partition coefficient (Wildman–Crippen LogP) is 1.78. The van der Waals surface area contributed by atoms with E-state index >= 15 is 0 Å². The fourth-order valence-corrected chi connectivity index (χ4v) is 1.97. The summed E-state index contributed by atoms with van der Waals surface area (Å²) in [4.78, 5) is 14.2. The molecule has 1 aromatic heterocycles. The highest BCUT2D eigenvalue weighted by molar-refractivity contribution is 5.59. The first-order chi connectivity index (χ1) is 8.71. The molecule has 0 fully saturated rings. The van der Waals surface area contributed by atoms with E-state index in [4.69, 9.17) is 5.73 Å². The van der Waals surface area contributed by atoms with E-state index in [1.54, 1.807) is 6.92 Å². The van der Waals surface area contributed by atoms with Crippen molar-refractivity contribution in [1.29, 1.82) is 0 Å². The van der Waals surface area contributed by atoms with Crippen LogP contribution in [0.2, 0.25) is 0 Å². The molecule has 1 atom stereocenters. The maximum absolute atomic E-state index is 10.9. The topological polar surface area (TPSA) is 114 Å². The third kappa shape index (κ3) is 4.70. The monoisotopic (exact) mass is 268 g/mol. The van der Waals surface area contributed by atoms with Gasteiger partial charge >= 0.3 is 5.69 Å². The Morgan fingerprint density at radius 3 is 2.74 bits per heavy atom. The standard InChI is InChI=1S/C12H20N4O3/c1-8(2)6-12(3,17)7-14-11-9(16(18)19)4-5-10(13)15-11/h4-5,8,17H,6-7H2,1-3H3,(H3,13,14,15). The number of hydrogen-bond donors (Lipinski definition) is 3. The van der Waals surface area contributed by atoms with Crippen LogP contribution in [0.3, 0.4) is 0 Å². The normalized spacial score (nSPS) is 14.2. The van der Waals surface area contributed by atoms with Gasteiger partial charge in [-0.3, -0.25) is 10.1 Å². The summed E-state index contributed by atoms with van der Waals surface area (Å²) in [5.74, 6) is 0.589. The van der Waals surface area contributed by atoms with Crippen molar-refractivity contribution in [2.24, 2.45) is 5.92 Å². The van der Waals surface area contributed by atoms with Crippen molar-refractivity contribution in [1.82, 2.24) is 4.98 Å². The third-order valence-electron chi connectivity index (χ3n) is 2.58. The number of hydrogen-bond acceptors (Lipinski definition) is 6. The number of nitrogens with two attached hydrogens (primary N) is 1. The van der Waals surface area contributed by atoms with Gasteiger partial charge < -0.3 is 16.2 Å². The third-order valence-corrected chi connectivity index (χ3v) is 2.58. The van der Waals surface area contributed by atoms with Crippen molar-refractivity contribution >= 4 is 17.3 Å². The van der Waals surface area contributed by atoms with Crippen LogP contribution in [-0.4, -0.2) is 27.2 Å². The first-order valence-corrected chi connectivity index (χ1v) is 6.08. The molecule has 7 heteroatoms. The number of nitrogen functional groups attached to an aromatic ring is 1. The minimum absolute atomic E-state index is 0.0778. The lowest BCUT2D eigenvalue weighted by atomic mass is 9.94. The molecule has 0 spiro atoms. The molecule has 1 rings (SSSR count). The predicted molar refractivity (Wildman–Crippen MR) is 73.9 cm³/mol. The van der Waals surface area contributed by atoms with Gasteiger partial charge in [0.2, 0.25) is 5.82 Å². The van der Waals surface area contributed by atoms with Crippen molar-refractivity contribution in [2.45, 2.75) is 32.8 Å². The number of anilines is 2. The summed E-state index contributed by atoms with van der Waals surface area (Å²) < 4.78 is 0. The molecular formula is C12H20N4O3. The zero-order chi connectivity index (χ0) is 14.6. The van der Waals surface area contributed by atoms with Crippen molar-refractivity contribution in [3.8, 4) is 0 Å². The number of nitro groups is 1. The summed E-state index contributed by atoms with van der Waals surface area (Å²) >= 11 is 0. The van der Waals surface area contributed by atoms with E-state index in [0.29, 0.717) is 12.3 Å². The molecule has 0 bridgehead atoms. The maximum Gasteiger partial charge on any atom is 0.311 e. The van der Waals surface area contributed by atoms with Crippen molar-refractivity contribution in [2.75, 3.05) is 17.6 Å². The minimum atomic E-state index is -0.964. The summed E-state index contributed by atoms with van der Waals surface area (Å²) in [6, 6.07) is 2.66. The van der Waals surface area contributed by atoms with Gasteiger partial charge in [-0.05, 0) is 25.3 Å². The number of nitrogens with one attached hydrogen (secondary N) is 1. The van der Waals surface area contributed by atoms with Gasteiger partial charge in [0.15, 0.2) is 0 Å². The lowest BCUT2D eigenvalue weighted by molar-refractivity contribution is -0.384. The summed E-state index contributed by atoms with van der Waals surface area (Å²) in [7, 11) is 0. The van der Waals surface area contributed by atoms with E-state index in [1.807, 2.05) is 13.8 Å². The Morgan fingerprint density at radius 2 is 2.21 bits per heavy atom. The first-order valence-electron chi connectivity index (χ1n) is 6.08. The van der Waals surface area contributed by atoms with Gasteiger partial charge in [-0.1, -0.05) is 13.8 Å². The summed E-state index contributed by atoms with van der Waals surface area (Å²) in [5.41, 5.74) is 4.39. The van der Waals surface area contributed by atoms with Crippen LogP contribution in [0.15, 0.2) is 12.1 Å². The van der Waals surface area contributed by atoms with Gasteiger partial charge in [-0.15, -0.1) is 0 Å². The minimum Gasteiger partial charge on any atom is -0.388 e. The second-order valence-electron chi connectivity index (χ2n) is 5.31. The van der Waals surface area contributed by atoms with Crippen molar-refractivity contribution in [3.05, 3.63) is 22.2 Å². The molecule has 0 amide bonds. The largest absolute Gasteiger partial charge is 0.388 e. The summed E-state index contributed by atoms with van der Waals surface area (Å²) in [5, 5.41) is 23.8. The lowest BCUT2D eigenvalue weighted by Gasteiger charge is -2.25. The number of aromatic nitrogens is 1. The van der Waals surface area contributed by atoms with Gasteiger partial charge in [0.05, 0.1) is 10.5 Å². The Labute approximate surface area is 112 Å². The van der Waals surface area contributed by atoms with Crippen LogP contribution >= 0.6 is 0 Å². The molecule has 0 aliphatic carbocycles. The highest BCUT2D eigenvalue weighted by Gasteiger charge is 2.24. The SMILES string of the molecule is CC(C)CC(C)(O)CNc1nc(N)ccc1[N+](=O)[O-]. The zero-order valence-corrected chi connectivity index (χ0v) is 11.4. The molecule has 0 aliphatic rings. The first kappa shape index (κ1) is 15.2. The van der Waals surface area contributed by atoms with Gasteiger partial charge in [0.1, 0.15) is 5.82 Å². The summed E-state index contributed by atoms with van der Waals surface area (Å²) in [6.07, 6.45) is 0.579. The fourth-order valence-electron chi connectivity index (χ4n) is 1.97. The van der Waals surface area contributed by atoms with Gasteiger partial charge in [-0.25, -0.2) is 4.98 Å². The van der Waals surface area contributed by atoms with Gasteiger partial charge in [-0.2, -0.15) is 0 Å². The van der Waals surface area contributed by atoms with E-state index in [-0.39, 0.29) is 23.9 Å². The molecule has 7 nitrogen and oxygen atoms in total. The van der Waals surface area contributed by atoms with Crippen LogP contribution in [0.1, 0.15) is 27.2 Å². The molecule has 0 saturated heterocycles. The lowest BCUT2D eigenvalue weighted by Crippen LogP contribution is -2.35. The Balaban J connectivity index is 2.82. The second-order valence-corrected chi connectivity index (χ2v) is 5.31. The Morgan fingerprint density at radius 1 is 1.58 bits per heavy atom. The fraction of sp³-hybridized carbons (Fsp3) is 0.583. The zero-order valence-electron chi connectivity index (χ0n) is 11.4. The highest BCUT2D eigenvalue weighted by atomic mass is 16.6. The molecule has 0 aromatic carbocycles. The van der Waals surface area contributed by atoms with E-state index in [0.717, 1.165) is 0 Å². The van der Waals surface area contributed by atoms with E-state index in [9.17, 15) is 15.2 Å². The van der Waals surface area contributed by atoms with E-state index < -0.39 is 10.5 Å².